The van der Waals surface area contributed by atoms with E-state index in [0.29, 0.717) is 11.9 Å². The van der Waals surface area contributed by atoms with E-state index in [9.17, 15) is 4.79 Å². The first-order valence-corrected chi connectivity index (χ1v) is 6.28. The van der Waals surface area contributed by atoms with Crippen LogP contribution in [0.4, 0.5) is 5.82 Å². The molecule has 1 fully saturated rings. The molecule has 98 valence electrons. The third-order valence-corrected chi connectivity index (χ3v) is 3.31. The van der Waals surface area contributed by atoms with Crippen molar-refractivity contribution in [2.24, 2.45) is 0 Å². The summed E-state index contributed by atoms with van der Waals surface area (Å²) in [4.78, 5) is 17.3. The van der Waals surface area contributed by atoms with E-state index in [1.165, 1.54) is 12.1 Å². The van der Waals surface area contributed by atoms with Gasteiger partial charge in [-0.3, -0.25) is 0 Å². The average Bonchev–Trinajstić information content (AvgIpc) is 2.31. The van der Waals surface area contributed by atoms with Gasteiger partial charge in [-0.1, -0.05) is 11.6 Å². The Morgan fingerprint density at radius 2 is 2.17 bits per heavy atom. The van der Waals surface area contributed by atoms with Crippen LogP contribution in [0.2, 0.25) is 5.15 Å². The molecule has 0 unspecified atom stereocenters. The van der Waals surface area contributed by atoms with Crippen LogP contribution in [0.5, 0.6) is 0 Å². The lowest BCUT2D eigenvalue weighted by molar-refractivity contribution is 0.0697. The van der Waals surface area contributed by atoms with Crippen LogP contribution in [0.3, 0.4) is 0 Å². The molecule has 0 amide bonds. The Kier molecular flexibility index (Phi) is 4.04. The van der Waals surface area contributed by atoms with E-state index in [-0.39, 0.29) is 10.7 Å². The van der Waals surface area contributed by atoms with E-state index in [4.69, 9.17) is 16.7 Å². The number of aromatic carboxylic acids is 1. The number of hydrogen-bond donors (Lipinski definition) is 2. The Morgan fingerprint density at radius 3 is 2.78 bits per heavy atom. The van der Waals surface area contributed by atoms with Crippen molar-refractivity contribution in [3.63, 3.8) is 0 Å². The van der Waals surface area contributed by atoms with Crippen LogP contribution in [0.15, 0.2) is 12.1 Å². The molecule has 1 aromatic rings. The lowest BCUT2D eigenvalue weighted by atomic mass is 10.1. The number of pyridine rings is 1. The molecule has 2 rings (SSSR count). The first-order chi connectivity index (χ1) is 8.54. The fourth-order valence-electron chi connectivity index (χ4n) is 2.06. The number of halogens is 1. The summed E-state index contributed by atoms with van der Waals surface area (Å²) < 4.78 is 0. The summed E-state index contributed by atoms with van der Waals surface area (Å²) >= 11 is 5.81. The first kappa shape index (κ1) is 13.1. The minimum Gasteiger partial charge on any atom is -0.478 e. The van der Waals surface area contributed by atoms with Crippen molar-refractivity contribution < 1.29 is 9.90 Å². The summed E-state index contributed by atoms with van der Waals surface area (Å²) in [5, 5.41) is 12.4. The van der Waals surface area contributed by atoms with Crippen LogP contribution in [0.25, 0.3) is 0 Å². The minimum absolute atomic E-state index is 0.158. The Balaban J connectivity index is 2.07. The zero-order valence-corrected chi connectivity index (χ0v) is 10.9. The van der Waals surface area contributed by atoms with Gasteiger partial charge in [0.15, 0.2) is 0 Å². The average molecular weight is 270 g/mol. The molecule has 6 heteroatoms. The normalized spacial score (nSPS) is 17.7. The fourth-order valence-corrected chi connectivity index (χ4v) is 2.26. The molecule has 0 bridgehead atoms. The van der Waals surface area contributed by atoms with Gasteiger partial charge in [0.2, 0.25) is 0 Å². The quantitative estimate of drug-likeness (QED) is 0.821. The van der Waals surface area contributed by atoms with Crippen molar-refractivity contribution in [3.8, 4) is 0 Å². The molecular weight excluding hydrogens is 254 g/mol. The van der Waals surface area contributed by atoms with Crippen molar-refractivity contribution in [2.75, 3.05) is 25.5 Å². The van der Waals surface area contributed by atoms with Crippen molar-refractivity contribution >= 4 is 23.4 Å². The number of carboxylic acids is 1. The third-order valence-electron chi connectivity index (χ3n) is 3.11. The van der Waals surface area contributed by atoms with Crippen molar-refractivity contribution in [1.29, 1.82) is 0 Å². The number of nitrogens with zero attached hydrogens (tertiary/aromatic N) is 2. The summed E-state index contributed by atoms with van der Waals surface area (Å²) in [6, 6.07) is 3.20. The number of hydrogen-bond acceptors (Lipinski definition) is 4. The molecule has 1 aliphatic rings. The van der Waals surface area contributed by atoms with Gasteiger partial charge >= 0.3 is 5.97 Å². The van der Waals surface area contributed by atoms with Gasteiger partial charge in [0.05, 0.1) is 5.56 Å². The van der Waals surface area contributed by atoms with E-state index >= 15 is 0 Å². The maximum Gasteiger partial charge on any atom is 0.335 e. The largest absolute Gasteiger partial charge is 0.478 e. The summed E-state index contributed by atoms with van der Waals surface area (Å²) in [5.41, 5.74) is 0.158. The van der Waals surface area contributed by atoms with Crippen molar-refractivity contribution in [1.82, 2.24) is 9.88 Å². The Morgan fingerprint density at radius 1 is 1.50 bits per heavy atom. The van der Waals surface area contributed by atoms with Gasteiger partial charge in [-0.2, -0.15) is 0 Å². The highest BCUT2D eigenvalue weighted by Crippen LogP contribution is 2.18. The second-order valence-corrected chi connectivity index (χ2v) is 4.98. The molecule has 2 N–H and O–H groups in total. The molecule has 5 nitrogen and oxygen atoms in total. The molecule has 0 aromatic carbocycles. The number of anilines is 1. The summed E-state index contributed by atoms with van der Waals surface area (Å²) in [7, 11) is 2.09. The molecule has 1 saturated heterocycles. The zero-order chi connectivity index (χ0) is 13.1. The van der Waals surface area contributed by atoms with Gasteiger partial charge in [-0.25, -0.2) is 9.78 Å². The maximum atomic E-state index is 10.9. The Labute approximate surface area is 111 Å². The number of nitrogens with one attached hydrogen (secondary N) is 1. The molecule has 1 aromatic heterocycles. The second-order valence-electron chi connectivity index (χ2n) is 4.59. The standard InChI is InChI=1S/C12H16ClN3O2/c1-16-4-2-9(3-5-16)14-11-7-8(12(17)18)6-10(13)15-11/h6-7,9H,2-5H2,1H3,(H,14,15)(H,17,18). The van der Waals surface area contributed by atoms with Gasteiger partial charge < -0.3 is 15.3 Å². The zero-order valence-electron chi connectivity index (χ0n) is 10.2. The molecule has 0 atom stereocenters. The van der Waals surface area contributed by atoms with Crippen LogP contribution in [0, 0.1) is 0 Å². The number of piperidine rings is 1. The van der Waals surface area contributed by atoms with Crippen LogP contribution in [-0.2, 0) is 0 Å². The predicted molar refractivity (Wildman–Crippen MR) is 70.3 cm³/mol. The smallest absolute Gasteiger partial charge is 0.335 e. The SMILES string of the molecule is CN1CCC(Nc2cc(C(=O)O)cc(Cl)n2)CC1. The summed E-state index contributed by atoms with van der Waals surface area (Å²) in [5.74, 6) is -0.458. The Bertz CT molecular complexity index is 445. The maximum absolute atomic E-state index is 10.9. The molecule has 0 spiro atoms. The molecule has 1 aliphatic heterocycles. The van der Waals surface area contributed by atoms with E-state index in [1.54, 1.807) is 0 Å². The van der Waals surface area contributed by atoms with Gasteiger partial charge in [0.1, 0.15) is 11.0 Å². The lowest BCUT2D eigenvalue weighted by Gasteiger charge is -2.29. The number of aromatic nitrogens is 1. The monoisotopic (exact) mass is 269 g/mol. The Hall–Kier alpha value is -1.33. The summed E-state index contributed by atoms with van der Waals surface area (Å²) in [6.07, 6.45) is 2.04. The van der Waals surface area contributed by atoms with Gasteiger partial charge in [0, 0.05) is 6.04 Å². The molecule has 0 aliphatic carbocycles. The molecular formula is C12H16ClN3O2. The number of carbonyl (C=O) groups is 1. The minimum atomic E-state index is -0.995. The lowest BCUT2D eigenvalue weighted by Crippen LogP contribution is -2.36. The van der Waals surface area contributed by atoms with E-state index in [1.807, 2.05) is 0 Å². The highest BCUT2D eigenvalue weighted by atomic mass is 35.5. The van der Waals surface area contributed by atoms with Crippen molar-refractivity contribution in [2.45, 2.75) is 18.9 Å². The van der Waals surface area contributed by atoms with Crippen LogP contribution in [0.1, 0.15) is 23.2 Å². The number of carboxylic acid groups (broad SMARTS) is 1. The van der Waals surface area contributed by atoms with E-state index in [2.05, 4.69) is 22.2 Å². The second kappa shape index (κ2) is 5.54. The van der Waals surface area contributed by atoms with Crippen LogP contribution < -0.4 is 5.32 Å². The van der Waals surface area contributed by atoms with E-state index < -0.39 is 5.97 Å². The molecule has 0 saturated carbocycles. The van der Waals surface area contributed by atoms with Gasteiger partial charge in [-0.05, 0) is 45.1 Å². The topological polar surface area (TPSA) is 65.5 Å². The van der Waals surface area contributed by atoms with Crippen LogP contribution in [-0.4, -0.2) is 47.1 Å². The number of likely N-dealkylation sites (tertiary alicyclic amines) is 1. The predicted octanol–water partition coefficient (Wildman–Crippen LogP) is 1.94. The molecule has 0 radical (unpaired) electrons. The van der Waals surface area contributed by atoms with Crippen molar-refractivity contribution in [3.05, 3.63) is 22.8 Å². The van der Waals surface area contributed by atoms with Gasteiger partial charge in [-0.15, -0.1) is 0 Å². The highest BCUT2D eigenvalue weighted by molar-refractivity contribution is 6.29. The highest BCUT2D eigenvalue weighted by Gasteiger charge is 2.17. The number of rotatable bonds is 3. The van der Waals surface area contributed by atoms with E-state index in [0.717, 1.165) is 25.9 Å². The fraction of sp³-hybridized carbons (Fsp3) is 0.500. The molecule has 18 heavy (non-hydrogen) atoms. The first-order valence-electron chi connectivity index (χ1n) is 5.90. The summed E-state index contributed by atoms with van der Waals surface area (Å²) in [6.45, 7) is 2.06. The van der Waals surface area contributed by atoms with Gasteiger partial charge in [0.25, 0.3) is 0 Å². The third kappa shape index (κ3) is 3.34. The molecule has 2 heterocycles. The van der Waals surface area contributed by atoms with Crippen LogP contribution >= 0.6 is 11.6 Å².